The molecule has 0 heterocycles. The first-order valence-electron chi connectivity index (χ1n) is 9.13. The third-order valence-electron chi connectivity index (χ3n) is 4.49. The Balaban J connectivity index is 2.02. The Hall–Kier alpha value is -2.54. The van der Waals surface area contributed by atoms with Crippen molar-refractivity contribution in [1.29, 1.82) is 0 Å². The molecule has 1 amide bonds. The molecule has 7 heteroatoms. The smallest absolute Gasteiger partial charge is 0.243 e. The van der Waals surface area contributed by atoms with Gasteiger partial charge in [-0.3, -0.25) is 9.10 Å². The molecule has 152 valence electrons. The minimum Gasteiger partial charge on any atom is -0.492 e. The van der Waals surface area contributed by atoms with E-state index < -0.39 is 16.1 Å². The van der Waals surface area contributed by atoms with Crippen molar-refractivity contribution in [2.24, 2.45) is 0 Å². The molecule has 6 nitrogen and oxygen atoms in total. The van der Waals surface area contributed by atoms with E-state index in [2.05, 4.69) is 5.32 Å². The van der Waals surface area contributed by atoms with Gasteiger partial charge in [-0.25, -0.2) is 8.42 Å². The second-order valence-electron chi connectivity index (χ2n) is 6.96. The number of anilines is 1. The molecule has 0 aliphatic rings. The van der Waals surface area contributed by atoms with Crippen LogP contribution in [0, 0.1) is 20.8 Å². The Morgan fingerprint density at radius 3 is 2.43 bits per heavy atom. The second kappa shape index (κ2) is 9.10. The molecule has 1 atom stereocenters. The van der Waals surface area contributed by atoms with Gasteiger partial charge in [-0.15, -0.1) is 0 Å². The highest BCUT2D eigenvalue weighted by molar-refractivity contribution is 7.92. The zero-order chi connectivity index (χ0) is 20.9. The van der Waals surface area contributed by atoms with Gasteiger partial charge in [0.25, 0.3) is 0 Å². The predicted octanol–water partition coefficient (Wildman–Crippen LogP) is 2.96. The van der Waals surface area contributed by atoms with Crippen molar-refractivity contribution in [1.82, 2.24) is 5.32 Å². The molecule has 0 saturated carbocycles. The average molecular weight is 405 g/mol. The normalized spacial score (nSPS) is 12.3. The van der Waals surface area contributed by atoms with E-state index in [0.717, 1.165) is 33.0 Å². The molecule has 0 spiro atoms. The first-order chi connectivity index (χ1) is 13.1. The fourth-order valence-corrected chi connectivity index (χ4v) is 4.03. The Morgan fingerprint density at radius 1 is 1.11 bits per heavy atom. The van der Waals surface area contributed by atoms with Crippen LogP contribution >= 0.6 is 0 Å². The SMILES string of the molecule is Cc1cccc(OCCNC(=O)[C@H](C)N(c2ccc(C)c(C)c2)S(C)(=O)=O)c1. The van der Waals surface area contributed by atoms with Gasteiger partial charge in [0.1, 0.15) is 18.4 Å². The van der Waals surface area contributed by atoms with Gasteiger partial charge in [0.05, 0.1) is 18.5 Å². The number of carbonyl (C=O) groups is 1. The van der Waals surface area contributed by atoms with Gasteiger partial charge in [-0.1, -0.05) is 18.2 Å². The molecule has 0 radical (unpaired) electrons. The molecule has 1 N–H and O–H groups in total. The highest BCUT2D eigenvalue weighted by Gasteiger charge is 2.29. The minimum absolute atomic E-state index is 0.279. The summed E-state index contributed by atoms with van der Waals surface area (Å²) < 4.78 is 31.4. The molecule has 0 bridgehead atoms. The number of hydrogen-bond donors (Lipinski definition) is 1. The molecular formula is C21H28N2O4S. The maximum absolute atomic E-state index is 12.5. The van der Waals surface area contributed by atoms with Crippen LogP contribution < -0.4 is 14.4 Å². The fourth-order valence-electron chi connectivity index (χ4n) is 2.87. The molecule has 0 aromatic heterocycles. The predicted molar refractivity (Wildman–Crippen MR) is 112 cm³/mol. The molecule has 28 heavy (non-hydrogen) atoms. The lowest BCUT2D eigenvalue weighted by molar-refractivity contribution is -0.121. The molecule has 2 aromatic carbocycles. The van der Waals surface area contributed by atoms with Crippen LogP contribution in [0.5, 0.6) is 5.75 Å². The zero-order valence-electron chi connectivity index (χ0n) is 17.0. The third kappa shape index (κ3) is 5.73. The number of sulfonamides is 1. The maximum Gasteiger partial charge on any atom is 0.243 e. The standard InChI is InChI=1S/C21H28N2O4S/c1-15-7-6-8-20(13-15)27-12-11-22-21(24)18(4)23(28(5,25)26)19-10-9-16(2)17(3)14-19/h6-10,13-14,18H,11-12H2,1-5H3,(H,22,24)/t18-/m0/s1. The van der Waals surface area contributed by atoms with E-state index in [9.17, 15) is 13.2 Å². The summed E-state index contributed by atoms with van der Waals surface area (Å²) in [4.78, 5) is 12.5. The van der Waals surface area contributed by atoms with Gasteiger partial charge in [0, 0.05) is 0 Å². The van der Waals surface area contributed by atoms with Crippen molar-refractivity contribution >= 4 is 21.6 Å². The monoisotopic (exact) mass is 404 g/mol. The molecule has 2 aromatic rings. The van der Waals surface area contributed by atoms with Gasteiger partial charge in [-0.05, 0) is 68.7 Å². The van der Waals surface area contributed by atoms with E-state index in [4.69, 9.17) is 4.74 Å². The number of ether oxygens (including phenoxy) is 1. The number of aryl methyl sites for hydroxylation is 3. The van der Waals surface area contributed by atoms with Gasteiger partial charge < -0.3 is 10.1 Å². The Bertz CT molecular complexity index is 941. The molecule has 0 aliphatic heterocycles. The van der Waals surface area contributed by atoms with Crippen LogP contribution in [0.15, 0.2) is 42.5 Å². The van der Waals surface area contributed by atoms with Gasteiger partial charge >= 0.3 is 0 Å². The Morgan fingerprint density at radius 2 is 1.82 bits per heavy atom. The summed E-state index contributed by atoms with van der Waals surface area (Å²) in [6, 6.07) is 12.1. The number of nitrogens with zero attached hydrogens (tertiary/aromatic N) is 1. The zero-order valence-corrected chi connectivity index (χ0v) is 17.8. The van der Waals surface area contributed by atoms with Crippen LogP contribution in [-0.2, 0) is 14.8 Å². The largest absolute Gasteiger partial charge is 0.492 e. The van der Waals surface area contributed by atoms with Crippen LogP contribution in [0.4, 0.5) is 5.69 Å². The van der Waals surface area contributed by atoms with E-state index in [0.29, 0.717) is 12.3 Å². The Kier molecular flexibility index (Phi) is 7.07. The average Bonchev–Trinajstić information content (AvgIpc) is 2.60. The highest BCUT2D eigenvalue weighted by Crippen LogP contribution is 2.23. The molecule has 0 saturated heterocycles. The molecule has 2 rings (SSSR count). The summed E-state index contributed by atoms with van der Waals surface area (Å²) in [6.07, 6.45) is 1.10. The number of benzene rings is 2. The van der Waals surface area contributed by atoms with E-state index >= 15 is 0 Å². The van der Waals surface area contributed by atoms with E-state index in [1.54, 1.807) is 19.1 Å². The fraction of sp³-hybridized carbons (Fsp3) is 0.381. The summed E-state index contributed by atoms with van der Waals surface area (Å²) in [5, 5.41) is 2.75. The lowest BCUT2D eigenvalue weighted by Crippen LogP contribution is -2.48. The number of amides is 1. The van der Waals surface area contributed by atoms with Crippen molar-refractivity contribution < 1.29 is 17.9 Å². The van der Waals surface area contributed by atoms with E-state index in [-0.39, 0.29) is 12.5 Å². The van der Waals surface area contributed by atoms with Gasteiger partial charge in [-0.2, -0.15) is 0 Å². The summed E-state index contributed by atoms with van der Waals surface area (Å²) in [5.41, 5.74) is 3.59. The van der Waals surface area contributed by atoms with E-state index in [1.807, 2.05) is 51.1 Å². The van der Waals surface area contributed by atoms with Gasteiger partial charge in [0.15, 0.2) is 0 Å². The number of carbonyl (C=O) groups excluding carboxylic acids is 1. The Labute approximate surface area is 167 Å². The van der Waals surface area contributed by atoms with Gasteiger partial charge in [0.2, 0.25) is 15.9 Å². The van der Waals surface area contributed by atoms with Crippen LogP contribution in [0.2, 0.25) is 0 Å². The molecule has 0 fully saturated rings. The summed E-state index contributed by atoms with van der Waals surface area (Å²) in [6.45, 7) is 7.99. The quantitative estimate of drug-likeness (QED) is 0.687. The van der Waals surface area contributed by atoms with Crippen LogP contribution in [-0.4, -0.2) is 39.8 Å². The minimum atomic E-state index is -3.63. The number of nitrogens with one attached hydrogen (secondary N) is 1. The van der Waals surface area contributed by atoms with Crippen LogP contribution in [0.25, 0.3) is 0 Å². The summed E-state index contributed by atoms with van der Waals surface area (Å²) in [5.74, 6) is 0.353. The number of rotatable bonds is 8. The van der Waals surface area contributed by atoms with Crippen molar-refractivity contribution in [2.45, 2.75) is 33.7 Å². The van der Waals surface area contributed by atoms with Crippen LogP contribution in [0.1, 0.15) is 23.6 Å². The maximum atomic E-state index is 12.5. The first kappa shape index (κ1) is 21.8. The molecule has 0 aliphatic carbocycles. The topological polar surface area (TPSA) is 75.7 Å². The van der Waals surface area contributed by atoms with Crippen LogP contribution in [0.3, 0.4) is 0 Å². The molecular weight excluding hydrogens is 376 g/mol. The summed E-state index contributed by atoms with van der Waals surface area (Å²) in [7, 11) is -3.63. The first-order valence-corrected chi connectivity index (χ1v) is 11.0. The van der Waals surface area contributed by atoms with Crippen molar-refractivity contribution in [3.63, 3.8) is 0 Å². The van der Waals surface area contributed by atoms with Crippen molar-refractivity contribution in [3.05, 3.63) is 59.2 Å². The van der Waals surface area contributed by atoms with Crippen molar-refractivity contribution in [2.75, 3.05) is 23.7 Å². The lowest BCUT2D eigenvalue weighted by Gasteiger charge is -2.28. The van der Waals surface area contributed by atoms with E-state index in [1.165, 1.54) is 0 Å². The van der Waals surface area contributed by atoms with Crippen molar-refractivity contribution in [3.8, 4) is 5.75 Å². The lowest BCUT2D eigenvalue weighted by atomic mass is 10.1. The second-order valence-corrected chi connectivity index (χ2v) is 8.82. The number of hydrogen-bond acceptors (Lipinski definition) is 4. The molecule has 0 unspecified atom stereocenters. The summed E-state index contributed by atoms with van der Waals surface area (Å²) >= 11 is 0. The third-order valence-corrected chi connectivity index (χ3v) is 5.73. The highest BCUT2D eigenvalue weighted by atomic mass is 32.2.